The number of nitrogens with two attached hydrogens (primary N) is 1. The van der Waals surface area contributed by atoms with E-state index in [0.29, 0.717) is 12.8 Å². The molecule has 0 unspecified atom stereocenters. The maximum atomic E-state index is 11.8. The minimum absolute atomic E-state index is 0.0947. The molecule has 0 aliphatic heterocycles. The zero-order valence-electron chi connectivity index (χ0n) is 6.24. The third kappa shape index (κ3) is 1.60. The van der Waals surface area contributed by atoms with Gasteiger partial charge in [-0.1, -0.05) is 0 Å². The average molecular weight is 179 g/mol. The van der Waals surface area contributed by atoms with Crippen molar-refractivity contribution in [2.24, 2.45) is 5.73 Å². The number of rotatable bonds is 1. The highest BCUT2D eigenvalue weighted by Gasteiger charge is 2.42. The smallest absolute Gasteiger partial charge is 0.402 e. The van der Waals surface area contributed by atoms with Gasteiger partial charge in [0, 0.05) is 11.3 Å². The van der Waals surface area contributed by atoms with Crippen LogP contribution < -0.4 is 5.73 Å². The zero-order chi connectivity index (χ0) is 9.35. The van der Waals surface area contributed by atoms with Crippen LogP contribution in [0.25, 0.3) is 0 Å². The van der Waals surface area contributed by atoms with E-state index in [4.69, 9.17) is 5.73 Å². The van der Waals surface area contributed by atoms with E-state index in [2.05, 4.69) is 0 Å². The molecule has 0 fully saturated rings. The number of carbonyl (C=O) groups is 1. The molecule has 2 N–H and O–H groups in total. The van der Waals surface area contributed by atoms with E-state index in [1.165, 1.54) is 0 Å². The minimum Gasteiger partial charge on any atom is -0.402 e. The maximum Gasteiger partial charge on any atom is 0.454 e. The molecule has 1 rings (SSSR count). The minimum atomic E-state index is -4.77. The molecule has 0 aromatic rings. The summed E-state index contributed by atoms with van der Waals surface area (Å²) in [6, 6.07) is 0. The zero-order valence-corrected chi connectivity index (χ0v) is 6.24. The van der Waals surface area contributed by atoms with E-state index < -0.39 is 12.0 Å². The van der Waals surface area contributed by atoms with Gasteiger partial charge in [-0.3, -0.25) is 4.79 Å². The van der Waals surface area contributed by atoms with Gasteiger partial charge in [-0.25, -0.2) is 0 Å². The number of alkyl halides is 3. The molecule has 1 aliphatic carbocycles. The molecule has 0 aromatic heterocycles. The lowest BCUT2D eigenvalue weighted by atomic mass is 10.1. The molecule has 2 nitrogen and oxygen atoms in total. The molecule has 1 aliphatic rings. The Hall–Kier alpha value is -1.00. The highest BCUT2D eigenvalue weighted by Crippen LogP contribution is 2.29. The number of halogens is 3. The highest BCUT2D eigenvalue weighted by molar-refractivity contribution is 6.00. The van der Waals surface area contributed by atoms with E-state index in [1.807, 2.05) is 0 Å². The molecule has 0 radical (unpaired) electrons. The quantitative estimate of drug-likeness (QED) is 0.663. The molecule has 5 heteroatoms. The van der Waals surface area contributed by atoms with Crippen molar-refractivity contribution in [3.8, 4) is 0 Å². The molecule has 68 valence electrons. The Kier molecular flexibility index (Phi) is 2.12. The highest BCUT2D eigenvalue weighted by atomic mass is 19.4. The van der Waals surface area contributed by atoms with Crippen molar-refractivity contribution in [1.29, 1.82) is 0 Å². The summed E-state index contributed by atoms with van der Waals surface area (Å²) >= 11 is 0. The molecule has 0 spiro atoms. The first-order valence-corrected chi connectivity index (χ1v) is 3.52. The molecule has 0 atom stereocenters. The summed E-state index contributed by atoms with van der Waals surface area (Å²) in [7, 11) is 0. The predicted octanol–water partition coefficient (Wildman–Crippen LogP) is 1.51. The Bertz CT molecular complexity index is 242. The van der Waals surface area contributed by atoms with Crippen molar-refractivity contribution in [1.82, 2.24) is 0 Å². The molecule has 12 heavy (non-hydrogen) atoms. The van der Waals surface area contributed by atoms with Crippen molar-refractivity contribution in [3.63, 3.8) is 0 Å². The summed E-state index contributed by atoms with van der Waals surface area (Å²) in [5, 5.41) is 0. The normalized spacial score (nSPS) is 18.6. The first kappa shape index (κ1) is 9.09. The Morgan fingerprint density at radius 3 is 2.25 bits per heavy atom. The monoisotopic (exact) mass is 179 g/mol. The molecule has 0 saturated heterocycles. The van der Waals surface area contributed by atoms with Crippen LogP contribution in [0.3, 0.4) is 0 Å². The molecule has 0 heterocycles. The van der Waals surface area contributed by atoms with Crippen molar-refractivity contribution in [2.75, 3.05) is 0 Å². The first-order valence-electron chi connectivity index (χ1n) is 3.52. The van der Waals surface area contributed by atoms with E-state index in [0.717, 1.165) is 0 Å². The standard InChI is InChI=1S/C7H8F3NO/c8-7(9,10)6(12)4-2-1-3-5(4)11/h1-3,11H2. The van der Waals surface area contributed by atoms with E-state index in [1.54, 1.807) is 0 Å². The van der Waals surface area contributed by atoms with Gasteiger partial charge in [-0.2, -0.15) is 13.2 Å². The van der Waals surface area contributed by atoms with Gasteiger partial charge in [0.25, 0.3) is 5.78 Å². The van der Waals surface area contributed by atoms with Crippen molar-refractivity contribution in [2.45, 2.75) is 25.4 Å². The number of Topliss-reactive ketones (excluding diaryl/α,β-unsaturated/α-hetero) is 1. The SMILES string of the molecule is NC1=C(C(=O)C(F)(F)F)CCC1. The Morgan fingerprint density at radius 2 is 1.92 bits per heavy atom. The Labute approximate surface area is 67.2 Å². The van der Waals surface area contributed by atoms with Crippen LogP contribution in [0.15, 0.2) is 11.3 Å². The van der Waals surface area contributed by atoms with Gasteiger partial charge in [-0.15, -0.1) is 0 Å². The van der Waals surface area contributed by atoms with Gasteiger partial charge < -0.3 is 5.73 Å². The van der Waals surface area contributed by atoms with Crippen LogP contribution in [0.1, 0.15) is 19.3 Å². The molecule has 0 saturated carbocycles. The Balaban J connectivity index is 2.85. The summed E-state index contributed by atoms with van der Waals surface area (Å²) < 4.78 is 35.5. The van der Waals surface area contributed by atoms with E-state index in [-0.39, 0.29) is 17.7 Å². The molecule has 0 bridgehead atoms. The van der Waals surface area contributed by atoms with Crippen LogP contribution >= 0.6 is 0 Å². The van der Waals surface area contributed by atoms with Gasteiger partial charge >= 0.3 is 6.18 Å². The topological polar surface area (TPSA) is 43.1 Å². The number of ketones is 1. The van der Waals surface area contributed by atoms with Crippen LogP contribution in [0, 0.1) is 0 Å². The lowest BCUT2D eigenvalue weighted by Crippen LogP contribution is -2.25. The fourth-order valence-corrected chi connectivity index (χ4v) is 1.20. The summed E-state index contributed by atoms with van der Waals surface area (Å²) in [6.07, 6.45) is -3.67. The van der Waals surface area contributed by atoms with Gasteiger partial charge in [-0.05, 0) is 19.3 Å². The third-order valence-electron chi connectivity index (χ3n) is 1.79. The van der Waals surface area contributed by atoms with Crippen LogP contribution in [0.2, 0.25) is 0 Å². The molecular formula is C7H8F3NO. The van der Waals surface area contributed by atoms with E-state index >= 15 is 0 Å². The largest absolute Gasteiger partial charge is 0.454 e. The van der Waals surface area contributed by atoms with Gasteiger partial charge in [0.15, 0.2) is 0 Å². The fourth-order valence-electron chi connectivity index (χ4n) is 1.20. The lowest BCUT2D eigenvalue weighted by molar-refractivity contribution is -0.166. The van der Waals surface area contributed by atoms with Crippen LogP contribution in [-0.4, -0.2) is 12.0 Å². The van der Waals surface area contributed by atoms with Crippen LogP contribution in [0.4, 0.5) is 13.2 Å². The summed E-state index contributed by atoms with van der Waals surface area (Å²) in [5.74, 6) is -1.78. The fraction of sp³-hybridized carbons (Fsp3) is 0.571. The van der Waals surface area contributed by atoms with E-state index in [9.17, 15) is 18.0 Å². The number of allylic oxidation sites excluding steroid dienone is 2. The van der Waals surface area contributed by atoms with Crippen molar-refractivity contribution in [3.05, 3.63) is 11.3 Å². The summed E-state index contributed by atoms with van der Waals surface area (Å²) in [5.41, 5.74) is 5.08. The summed E-state index contributed by atoms with van der Waals surface area (Å²) in [4.78, 5) is 10.6. The first-order chi connectivity index (χ1) is 5.43. The lowest BCUT2D eigenvalue weighted by Gasteiger charge is -2.05. The molecule has 0 amide bonds. The van der Waals surface area contributed by atoms with Crippen LogP contribution in [0.5, 0.6) is 0 Å². The number of hydrogen-bond acceptors (Lipinski definition) is 2. The number of carbonyl (C=O) groups excluding carboxylic acids is 1. The molecule has 0 aromatic carbocycles. The third-order valence-corrected chi connectivity index (χ3v) is 1.79. The maximum absolute atomic E-state index is 11.8. The second-order valence-corrected chi connectivity index (χ2v) is 2.68. The average Bonchev–Trinajstić information content (AvgIpc) is 2.31. The van der Waals surface area contributed by atoms with Gasteiger partial charge in [0.05, 0.1) is 0 Å². The van der Waals surface area contributed by atoms with Crippen molar-refractivity contribution >= 4 is 5.78 Å². The second-order valence-electron chi connectivity index (χ2n) is 2.68. The van der Waals surface area contributed by atoms with Gasteiger partial charge in [0.2, 0.25) is 0 Å². The number of hydrogen-bond donors (Lipinski definition) is 1. The second kappa shape index (κ2) is 2.80. The van der Waals surface area contributed by atoms with Crippen molar-refractivity contribution < 1.29 is 18.0 Å². The molecular weight excluding hydrogens is 171 g/mol. The summed E-state index contributed by atoms with van der Waals surface area (Å²) in [6.45, 7) is 0. The predicted molar refractivity (Wildman–Crippen MR) is 36.1 cm³/mol. The van der Waals surface area contributed by atoms with Gasteiger partial charge in [0.1, 0.15) is 0 Å². The van der Waals surface area contributed by atoms with Crippen LogP contribution in [-0.2, 0) is 4.79 Å². The Morgan fingerprint density at radius 1 is 1.33 bits per heavy atom.